The quantitative estimate of drug-likeness (QED) is 0.537. The Morgan fingerprint density at radius 3 is 2.72 bits per heavy atom. The van der Waals surface area contributed by atoms with E-state index in [1.165, 1.54) is 12.1 Å². The van der Waals surface area contributed by atoms with Crippen LogP contribution >= 0.6 is 0 Å². The van der Waals surface area contributed by atoms with Crippen LogP contribution in [0.3, 0.4) is 0 Å². The van der Waals surface area contributed by atoms with Gasteiger partial charge in [-0.3, -0.25) is 9.69 Å². The van der Waals surface area contributed by atoms with E-state index in [-0.39, 0.29) is 17.4 Å². The minimum atomic E-state index is -0.253. The lowest BCUT2D eigenvalue weighted by molar-refractivity contribution is 0.0876. The predicted octanol–water partition coefficient (Wildman–Crippen LogP) is 5.11. The number of methoxy groups -OCH3 is 1. The van der Waals surface area contributed by atoms with Gasteiger partial charge < -0.3 is 14.2 Å². The summed E-state index contributed by atoms with van der Waals surface area (Å²) in [6.45, 7) is 3.57. The molecule has 0 N–H and O–H groups in total. The first kappa shape index (κ1) is 20.3. The van der Waals surface area contributed by atoms with Crippen molar-refractivity contribution in [2.75, 3.05) is 13.8 Å². The van der Waals surface area contributed by atoms with Gasteiger partial charge in [-0.2, -0.15) is 0 Å². The number of ketones is 1. The van der Waals surface area contributed by atoms with E-state index in [1.807, 2.05) is 37.3 Å². The van der Waals surface area contributed by atoms with Gasteiger partial charge in [0.15, 0.2) is 5.76 Å². The summed E-state index contributed by atoms with van der Waals surface area (Å²) in [5.74, 6) is 1.90. The fourth-order valence-electron chi connectivity index (χ4n) is 4.13. The number of fused-ring (bicyclic) bond motifs is 2. The fourth-order valence-corrected chi connectivity index (χ4v) is 4.13. The molecule has 0 amide bonds. The molecule has 0 saturated heterocycles. The summed E-state index contributed by atoms with van der Waals surface area (Å²) in [7, 11) is 1.60. The van der Waals surface area contributed by atoms with Gasteiger partial charge in [-0.25, -0.2) is 4.39 Å². The van der Waals surface area contributed by atoms with E-state index in [0.717, 1.165) is 28.0 Å². The predicted molar refractivity (Wildman–Crippen MR) is 118 cm³/mol. The van der Waals surface area contributed by atoms with Gasteiger partial charge in [0.25, 0.3) is 0 Å². The summed E-state index contributed by atoms with van der Waals surface area (Å²) in [6, 6.07) is 15.8. The molecule has 0 spiro atoms. The maximum absolute atomic E-state index is 13.2. The van der Waals surface area contributed by atoms with E-state index in [2.05, 4.69) is 4.90 Å². The van der Waals surface area contributed by atoms with Gasteiger partial charge in [-0.05, 0) is 54.5 Å². The molecule has 0 atom stereocenters. The lowest BCUT2D eigenvalue weighted by Crippen LogP contribution is -2.32. The zero-order valence-corrected chi connectivity index (χ0v) is 17.9. The molecule has 2 aliphatic heterocycles. The number of rotatable bonds is 4. The number of carbonyl (C=O) groups excluding carboxylic acids is 1. The van der Waals surface area contributed by atoms with Crippen LogP contribution in [0.25, 0.3) is 6.08 Å². The highest BCUT2D eigenvalue weighted by molar-refractivity contribution is 6.15. The van der Waals surface area contributed by atoms with Gasteiger partial charge in [-0.1, -0.05) is 24.3 Å². The number of benzene rings is 3. The molecule has 6 heteroatoms. The first-order valence-electron chi connectivity index (χ1n) is 10.4. The van der Waals surface area contributed by atoms with Gasteiger partial charge in [-0.15, -0.1) is 0 Å². The minimum absolute atomic E-state index is 0.149. The summed E-state index contributed by atoms with van der Waals surface area (Å²) >= 11 is 0. The number of hydrogen-bond donors (Lipinski definition) is 0. The zero-order chi connectivity index (χ0) is 22.2. The van der Waals surface area contributed by atoms with Crippen LogP contribution < -0.4 is 14.2 Å². The zero-order valence-electron chi connectivity index (χ0n) is 17.9. The standard InChI is InChI=1S/C26H22FNO4/c1-16-25-19(14-28(15-31-25)13-17-6-8-20(27)9-7-17)12-22-24(29)23(32-26(16)22)11-18-4-3-5-21(10-18)30-2/h3-12H,13-15H2,1-2H3/b23-11-. The molecule has 162 valence electrons. The molecule has 2 heterocycles. The van der Waals surface area contributed by atoms with Crippen LogP contribution in [0.1, 0.15) is 32.6 Å². The molecule has 3 aromatic carbocycles. The maximum atomic E-state index is 13.2. The van der Waals surface area contributed by atoms with Gasteiger partial charge in [0.2, 0.25) is 5.78 Å². The molecule has 0 aliphatic carbocycles. The van der Waals surface area contributed by atoms with Crippen LogP contribution in [0.15, 0.2) is 60.4 Å². The molecular formula is C26H22FNO4. The lowest BCUT2D eigenvalue weighted by atomic mass is 10.00. The summed E-state index contributed by atoms with van der Waals surface area (Å²) in [4.78, 5) is 15.2. The number of carbonyl (C=O) groups is 1. The summed E-state index contributed by atoms with van der Waals surface area (Å²) < 4.78 is 30.4. The molecule has 0 bridgehead atoms. The Morgan fingerprint density at radius 1 is 1.12 bits per heavy atom. The van der Waals surface area contributed by atoms with Crippen LogP contribution in [0, 0.1) is 12.7 Å². The third kappa shape index (κ3) is 3.74. The molecule has 5 nitrogen and oxygen atoms in total. The van der Waals surface area contributed by atoms with E-state index in [0.29, 0.717) is 36.9 Å². The maximum Gasteiger partial charge on any atom is 0.231 e. The van der Waals surface area contributed by atoms with Crippen molar-refractivity contribution >= 4 is 11.9 Å². The normalized spacial score (nSPS) is 16.3. The molecule has 3 aromatic rings. The Labute approximate surface area is 185 Å². The number of ether oxygens (including phenoxy) is 3. The first-order valence-corrected chi connectivity index (χ1v) is 10.4. The molecule has 32 heavy (non-hydrogen) atoms. The van der Waals surface area contributed by atoms with Crippen LogP contribution in [-0.2, 0) is 13.1 Å². The van der Waals surface area contributed by atoms with Crippen LogP contribution in [0.2, 0.25) is 0 Å². The van der Waals surface area contributed by atoms with Gasteiger partial charge in [0.1, 0.15) is 29.8 Å². The molecule has 0 saturated carbocycles. The van der Waals surface area contributed by atoms with Crippen LogP contribution in [0.5, 0.6) is 17.2 Å². The Hall–Kier alpha value is -3.64. The van der Waals surface area contributed by atoms with Gasteiger partial charge in [0, 0.05) is 24.2 Å². The van der Waals surface area contributed by atoms with Crippen molar-refractivity contribution in [3.8, 4) is 17.2 Å². The average molecular weight is 431 g/mol. The Morgan fingerprint density at radius 2 is 1.94 bits per heavy atom. The number of Topliss-reactive ketones (excluding diaryl/α,β-unsaturated/α-hetero) is 1. The van der Waals surface area contributed by atoms with Crippen molar-refractivity contribution in [3.05, 3.63) is 94.0 Å². The van der Waals surface area contributed by atoms with Crippen molar-refractivity contribution in [1.82, 2.24) is 4.90 Å². The minimum Gasteiger partial charge on any atom is -0.497 e. The van der Waals surface area contributed by atoms with Crippen molar-refractivity contribution < 1.29 is 23.4 Å². The van der Waals surface area contributed by atoms with Crippen molar-refractivity contribution in [1.29, 1.82) is 0 Å². The van der Waals surface area contributed by atoms with E-state index in [9.17, 15) is 9.18 Å². The van der Waals surface area contributed by atoms with E-state index in [1.54, 1.807) is 25.3 Å². The smallest absolute Gasteiger partial charge is 0.231 e. The first-order chi connectivity index (χ1) is 15.5. The highest BCUT2D eigenvalue weighted by Crippen LogP contribution is 2.43. The summed E-state index contributed by atoms with van der Waals surface area (Å²) in [6.07, 6.45) is 1.73. The molecular weight excluding hydrogens is 409 g/mol. The highest BCUT2D eigenvalue weighted by atomic mass is 19.1. The van der Waals surface area contributed by atoms with E-state index in [4.69, 9.17) is 14.2 Å². The molecule has 0 unspecified atom stereocenters. The topological polar surface area (TPSA) is 48.0 Å². The van der Waals surface area contributed by atoms with Crippen LogP contribution in [0.4, 0.5) is 4.39 Å². The average Bonchev–Trinajstić information content (AvgIpc) is 3.11. The molecule has 5 rings (SSSR count). The number of halogens is 1. The third-order valence-corrected chi connectivity index (χ3v) is 5.71. The third-order valence-electron chi connectivity index (χ3n) is 5.71. The SMILES string of the molecule is COc1cccc(/C=C2\Oc3c(cc4c(c3C)OCN(Cc3ccc(F)cc3)C4)C2=O)c1. The number of nitrogens with zero attached hydrogens (tertiary/aromatic N) is 1. The summed E-state index contributed by atoms with van der Waals surface area (Å²) in [5, 5.41) is 0. The largest absolute Gasteiger partial charge is 0.497 e. The van der Waals surface area contributed by atoms with E-state index < -0.39 is 0 Å². The summed E-state index contributed by atoms with van der Waals surface area (Å²) in [5.41, 5.74) is 4.13. The fraction of sp³-hybridized carbons (Fsp3) is 0.192. The molecule has 0 radical (unpaired) electrons. The second-order valence-corrected chi connectivity index (χ2v) is 7.97. The van der Waals surface area contributed by atoms with Crippen molar-refractivity contribution in [3.63, 3.8) is 0 Å². The van der Waals surface area contributed by atoms with Crippen molar-refractivity contribution in [2.24, 2.45) is 0 Å². The van der Waals surface area contributed by atoms with Crippen LogP contribution in [-0.4, -0.2) is 24.5 Å². The lowest BCUT2D eigenvalue weighted by Gasteiger charge is -2.30. The van der Waals surface area contributed by atoms with Gasteiger partial charge in [0.05, 0.1) is 12.7 Å². The highest BCUT2D eigenvalue weighted by Gasteiger charge is 2.33. The Kier molecular flexibility index (Phi) is 5.15. The van der Waals surface area contributed by atoms with E-state index >= 15 is 0 Å². The van der Waals surface area contributed by atoms with Gasteiger partial charge >= 0.3 is 0 Å². The molecule has 0 fully saturated rings. The monoisotopic (exact) mass is 431 g/mol. The Bertz CT molecular complexity index is 1230. The second-order valence-electron chi connectivity index (χ2n) is 7.97. The number of hydrogen-bond acceptors (Lipinski definition) is 5. The Balaban J connectivity index is 1.41. The van der Waals surface area contributed by atoms with Crippen molar-refractivity contribution in [2.45, 2.75) is 20.0 Å². The molecule has 2 aliphatic rings. The number of allylic oxidation sites excluding steroid dienone is 1. The second kappa shape index (κ2) is 8.13. The molecule has 0 aromatic heterocycles.